The van der Waals surface area contributed by atoms with Crippen LogP contribution in [-0.4, -0.2) is 17.3 Å². The highest BCUT2D eigenvalue weighted by molar-refractivity contribution is 6.06. The van der Waals surface area contributed by atoms with Crippen molar-refractivity contribution in [3.63, 3.8) is 0 Å². The maximum absolute atomic E-state index is 12.0. The Labute approximate surface area is 127 Å². The molecule has 1 aromatic heterocycles. The van der Waals surface area contributed by atoms with Gasteiger partial charge >= 0.3 is 0 Å². The van der Waals surface area contributed by atoms with E-state index < -0.39 is 0 Å². The zero-order chi connectivity index (χ0) is 16.4. The van der Waals surface area contributed by atoms with Gasteiger partial charge in [0.05, 0.1) is 12.5 Å². The first kappa shape index (κ1) is 15.7. The summed E-state index contributed by atoms with van der Waals surface area (Å²) in [6.07, 6.45) is 0. The Kier molecular flexibility index (Phi) is 4.26. The third-order valence-corrected chi connectivity index (χ3v) is 3.22. The first-order valence-electron chi connectivity index (χ1n) is 6.98. The number of aryl methyl sites for hydroxylation is 1. The van der Waals surface area contributed by atoms with E-state index in [4.69, 9.17) is 9.15 Å². The number of phenolic OH excluding ortho intramolecular Hbond substituents is 2. The molecule has 0 amide bonds. The molecule has 0 atom stereocenters. The number of methoxy groups -OCH3 is 1. The summed E-state index contributed by atoms with van der Waals surface area (Å²) in [5.74, 6) is 0.460. The van der Waals surface area contributed by atoms with Crippen LogP contribution in [-0.2, 0) is 0 Å². The van der Waals surface area contributed by atoms with E-state index >= 15 is 0 Å². The van der Waals surface area contributed by atoms with Crippen molar-refractivity contribution in [1.82, 2.24) is 0 Å². The van der Waals surface area contributed by atoms with Crippen molar-refractivity contribution in [3.05, 3.63) is 40.2 Å². The van der Waals surface area contributed by atoms with E-state index in [0.717, 1.165) is 0 Å². The normalized spacial score (nSPS) is 10.4. The molecule has 116 valence electrons. The zero-order valence-corrected chi connectivity index (χ0v) is 12.9. The fraction of sp³-hybridized carbons (Fsp3) is 0.235. The molecule has 0 aliphatic carbocycles. The van der Waals surface area contributed by atoms with Crippen LogP contribution < -0.4 is 10.2 Å². The lowest BCUT2D eigenvalue weighted by Gasteiger charge is -2.09. The van der Waals surface area contributed by atoms with Gasteiger partial charge in [-0.1, -0.05) is 13.8 Å². The molecular weight excluding hydrogens is 284 g/mol. The molecule has 0 aliphatic heterocycles. The van der Waals surface area contributed by atoms with E-state index in [1.807, 2.05) is 13.8 Å². The molecule has 3 rings (SSSR count). The summed E-state index contributed by atoms with van der Waals surface area (Å²) in [6.45, 7) is 5.66. The standard InChI is InChI=1S/C15H12O5.C2H6/c1-7-3-10(16)14-12(20-7)5-8-4-9(19-2)6-11(17)13(8)15(14)18;1-2/h3-6,17-18H,1-2H3;1-2H3. The SMILES string of the molecule is CC.COc1cc(O)c2c(O)c3c(=O)cc(C)oc3cc2c1. The number of rotatable bonds is 1. The van der Waals surface area contributed by atoms with E-state index in [2.05, 4.69) is 0 Å². The molecule has 0 fully saturated rings. The number of hydrogen-bond donors (Lipinski definition) is 2. The Morgan fingerprint density at radius 3 is 2.36 bits per heavy atom. The molecular formula is C17H18O5. The maximum Gasteiger partial charge on any atom is 0.196 e. The third-order valence-electron chi connectivity index (χ3n) is 3.22. The lowest BCUT2D eigenvalue weighted by molar-refractivity contribution is 0.409. The van der Waals surface area contributed by atoms with Gasteiger partial charge in [-0.05, 0) is 24.4 Å². The van der Waals surface area contributed by atoms with E-state index in [1.54, 1.807) is 19.1 Å². The van der Waals surface area contributed by atoms with Crippen molar-refractivity contribution in [2.24, 2.45) is 0 Å². The Bertz CT molecular complexity index is 893. The second-order valence-electron chi connectivity index (χ2n) is 4.56. The molecule has 5 heteroatoms. The summed E-state index contributed by atoms with van der Waals surface area (Å²) in [6, 6.07) is 5.93. The Hall–Kier alpha value is -2.69. The fourth-order valence-electron chi connectivity index (χ4n) is 2.35. The Balaban J connectivity index is 0.000000847. The Morgan fingerprint density at radius 2 is 1.73 bits per heavy atom. The first-order chi connectivity index (χ1) is 10.5. The topological polar surface area (TPSA) is 79.9 Å². The summed E-state index contributed by atoms with van der Waals surface area (Å²) < 4.78 is 10.5. The van der Waals surface area contributed by atoms with Crippen LogP contribution in [0.4, 0.5) is 0 Å². The molecule has 0 saturated carbocycles. The van der Waals surface area contributed by atoms with Crippen molar-refractivity contribution in [2.75, 3.05) is 7.11 Å². The van der Waals surface area contributed by atoms with Crippen molar-refractivity contribution < 1.29 is 19.4 Å². The van der Waals surface area contributed by atoms with Crippen LogP contribution >= 0.6 is 0 Å². The van der Waals surface area contributed by atoms with Gasteiger partial charge in [-0.15, -0.1) is 0 Å². The molecule has 5 nitrogen and oxygen atoms in total. The van der Waals surface area contributed by atoms with Gasteiger partial charge in [-0.3, -0.25) is 4.79 Å². The molecule has 0 bridgehead atoms. The average Bonchev–Trinajstić information content (AvgIpc) is 2.47. The first-order valence-corrected chi connectivity index (χ1v) is 6.98. The molecule has 0 spiro atoms. The molecule has 0 radical (unpaired) electrons. The van der Waals surface area contributed by atoms with Gasteiger partial charge in [-0.25, -0.2) is 0 Å². The van der Waals surface area contributed by atoms with E-state index in [-0.39, 0.29) is 33.3 Å². The van der Waals surface area contributed by atoms with E-state index in [0.29, 0.717) is 16.9 Å². The van der Waals surface area contributed by atoms with E-state index in [1.165, 1.54) is 19.2 Å². The number of fused-ring (bicyclic) bond motifs is 2. The molecule has 0 saturated heterocycles. The number of benzene rings is 2. The van der Waals surface area contributed by atoms with Gasteiger partial charge in [0.1, 0.15) is 34.0 Å². The van der Waals surface area contributed by atoms with Gasteiger partial charge in [-0.2, -0.15) is 0 Å². The van der Waals surface area contributed by atoms with Crippen molar-refractivity contribution in [3.8, 4) is 17.2 Å². The van der Waals surface area contributed by atoms with Crippen molar-refractivity contribution in [1.29, 1.82) is 0 Å². The second-order valence-corrected chi connectivity index (χ2v) is 4.56. The lowest BCUT2D eigenvalue weighted by Crippen LogP contribution is -2.01. The number of hydrogen-bond acceptors (Lipinski definition) is 5. The highest BCUT2D eigenvalue weighted by atomic mass is 16.5. The smallest absolute Gasteiger partial charge is 0.196 e. The summed E-state index contributed by atoms with van der Waals surface area (Å²) in [5, 5.41) is 21.1. The van der Waals surface area contributed by atoms with Gasteiger partial charge in [0.25, 0.3) is 0 Å². The van der Waals surface area contributed by atoms with Gasteiger partial charge in [0, 0.05) is 12.1 Å². The van der Waals surface area contributed by atoms with E-state index in [9.17, 15) is 15.0 Å². The van der Waals surface area contributed by atoms with Crippen LogP contribution in [0.25, 0.3) is 21.7 Å². The van der Waals surface area contributed by atoms with Crippen molar-refractivity contribution >= 4 is 21.7 Å². The quantitative estimate of drug-likeness (QED) is 0.670. The highest BCUT2D eigenvalue weighted by Gasteiger charge is 2.16. The summed E-state index contributed by atoms with van der Waals surface area (Å²) in [7, 11) is 1.48. The maximum atomic E-state index is 12.0. The van der Waals surface area contributed by atoms with Gasteiger partial charge in [0.2, 0.25) is 0 Å². The van der Waals surface area contributed by atoms with Crippen LogP contribution in [0.3, 0.4) is 0 Å². The van der Waals surface area contributed by atoms with Crippen LogP contribution in [0.2, 0.25) is 0 Å². The minimum atomic E-state index is -0.349. The number of phenols is 2. The highest BCUT2D eigenvalue weighted by Crippen LogP contribution is 2.40. The molecule has 2 aromatic carbocycles. The Morgan fingerprint density at radius 1 is 1.05 bits per heavy atom. The largest absolute Gasteiger partial charge is 0.507 e. The predicted molar refractivity (Wildman–Crippen MR) is 86.0 cm³/mol. The molecule has 2 N–H and O–H groups in total. The summed E-state index contributed by atoms with van der Waals surface area (Å²) in [4.78, 5) is 12.0. The zero-order valence-electron chi connectivity index (χ0n) is 12.9. The second kappa shape index (κ2) is 5.97. The van der Waals surface area contributed by atoms with Crippen LogP contribution in [0.1, 0.15) is 19.6 Å². The minimum absolute atomic E-state index is 0.0589. The van der Waals surface area contributed by atoms with Gasteiger partial charge in [0.15, 0.2) is 5.43 Å². The van der Waals surface area contributed by atoms with Crippen LogP contribution in [0.15, 0.2) is 33.5 Å². The van der Waals surface area contributed by atoms with Crippen LogP contribution in [0.5, 0.6) is 17.2 Å². The van der Waals surface area contributed by atoms with Gasteiger partial charge < -0.3 is 19.4 Å². The molecule has 1 heterocycles. The average molecular weight is 302 g/mol. The fourth-order valence-corrected chi connectivity index (χ4v) is 2.35. The predicted octanol–water partition coefficient (Wildman–Crippen LogP) is 3.70. The summed E-state index contributed by atoms with van der Waals surface area (Å²) in [5.41, 5.74) is -0.0778. The molecule has 0 aliphatic rings. The number of ether oxygens (including phenoxy) is 1. The lowest BCUT2D eigenvalue weighted by atomic mass is 10.0. The van der Waals surface area contributed by atoms with Crippen LogP contribution in [0, 0.1) is 6.92 Å². The number of aromatic hydroxyl groups is 2. The minimum Gasteiger partial charge on any atom is -0.507 e. The monoisotopic (exact) mass is 302 g/mol. The third kappa shape index (κ3) is 2.45. The molecule has 3 aromatic rings. The summed E-state index contributed by atoms with van der Waals surface area (Å²) >= 11 is 0. The molecule has 0 unspecified atom stereocenters. The van der Waals surface area contributed by atoms with Crippen molar-refractivity contribution in [2.45, 2.75) is 20.8 Å². The molecule has 22 heavy (non-hydrogen) atoms.